The van der Waals surface area contributed by atoms with E-state index in [1.165, 1.54) is 12.1 Å². The van der Waals surface area contributed by atoms with Gasteiger partial charge in [0.25, 0.3) is 0 Å². The molecule has 0 bridgehead atoms. The molecule has 0 aliphatic rings. The molecule has 0 aliphatic heterocycles. The third-order valence-electron chi connectivity index (χ3n) is 2.58. The van der Waals surface area contributed by atoms with E-state index in [9.17, 15) is 4.39 Å². The molecule has 0 unspecified atom stereocenters. The first-order chi connectivity index (χ1) is 9.20. The number of tetrazole rings is 1. The molecule has 2 rings (SSSR count). The summed E-state index contributed by atoms with van der Waals surface area (Å²) in [6, 6.07) is 4.27. The van der Waals surface area contributed by atoms with Crippen LogP contribution in [0.2, 0.25) is 0 Å². The van der Waals surface area contributed by atoms with Crippen LogP contribution >= 0.6 is 15.9 Å². The molecule has 0 spiro atoms. The van der Waals surface area contributed by atoms with Gasteiger partial charge in [-0.05, 0) is 51.0 Å². The molecule has 1 aromatic heterocycles. The third kappa shape index (κ3) is 3.73. The van der Waals surface area contributed by atoms with Crippen LogP contribution in [0.1, 0.15) is 25.6 Å². The summed E-state index contributed by atoms with van der Waals surface area (Å²) in [4.78, 5) is 0. The zero-order valence-corrected chi connectivity index (χ0v) is 12.1. The maximum absolute atomic E-state index is 12.9. The second-order valence-corrected chi connectivity index (χ2v) is 4.89. The van der Waals surface area contributed by atoms with Gasteiger partial charge < -0.3 is 4.74 Å². The van der Waals surface area contributed by atoms with Gasteiger partial charge in [-0.2, -0.15) is 0 Å². The van der Waals surface area contributed by atoms with Crippen LogP contribution in [0.15, 0.2) is 22.7 Å². The van der Waals surface area contributed by atoms with Crippen LogP contribution in [0.3, 0.4) is 0 Å². The number of benzene rings is 1. The number of hydrogen-bond donors (Lipinski definition) is 0. The largest absolute Gasteiger partial charge is 0.484 e. The van der Waals surface area contributed by atoms with Crippen molar-refractivity contribution in [1.29, 1.82) is 0 Å². The summed E-state index contributed by atoms with van der Waals surface area (Å²) < 4.78 is 20.8. The number of aromatic nitrogens is 4. The van der Waals surface area contributed by atoms with Crippen molar-refractivity contribution in [2.45, 2.75) is 32.9 Å². The minimum atomic E-state index is -0.313. The van der Waals surface area contributed by atoms with Crippen LogP contribution in [0.4, 0.5) is 4.39 Å². The van der Waals surface area contributed by atoms with Crippen LogP contribution in [0.5, 0.6) is 5.75 Å². The molecule has 0 N–H and O–H groups in total. The van der Waals surface area contributed by atoms with E-state index in [2.05, 4.69) is 38.4 Å². The Balaban J connectivity index is 2.00. The molecule has 0 fully saturated rings. The van der Waals surface area contributed by atoms with Crippen LogP contribution in [-0.4, -0.2) is 20.2 Å². The van der Waals surface area contributed by atoms with E-state index in [1.54, 1.807) is 10.7 Å². The number of halogens is 2. The van der Waals surface area contributed by atoms with Gasteiger partial charge in [-0.1, -0.05) is 13.3 Å². The fourth-order valence-electron chi connectivity index (χ4n) is 1.54. The Labute approximate surface area is 118 Å². The Bertz CT molecular complexity index is 546. The van der Waals surface area contributed by atoms with Gasteiger partial charge >= 0.3 is 0 Å². The van der Waals surface area contributed by atoms with E-state index in [0.29, 0.717) is 16.0 Å². The highest BCUT2D eigenvalue weighted by molar-refractivity contribution is 9.10. The van der Waals surface area contributed by atoms with E-state index in [1.807, 2.05) is 0 Å². The average Bonchev–Trinajstić information content (AvgIpc) is 2.83. The summed E-state index contributed by atoms with van der Waals surface area (Å²) in [6.45, 7) is 3.13. The van der Waals surface area contributed by atoms with Gasteiger partial charge in [0.05, 0.1) is 4.47 Å². The third-order valence-corrected chi connectivity index (χ3v) is 3.20. The normalized spacial score (nSPS) is 10.7. The molecular weight excluding hydrogens is 315 g/mol. The number of ether oxygens (including phenoxy) is 1. The molecule has 5 nitrogen and oxygen atoms in total. The smallest absolute Gasteiger partial charge is 0.189 e. The molecule has 0 atom stereocenters. The summed E-state index contributed by atoms with van der Waals surface area (Å²) in [5.74, 6) is 0.906. The van der Waals surface area contributed by atoms with Gasteiger partial charge in [0.2, 0.25) is 0 Å². The van der Waals surface area contributed by atoms with Gasteiger partial charge in [0.1, 0.15) is 18.2 Å². The monoisotopic (exact) mass is 328 g/mol. The highest BCUT2D eigenvalue weighted by Crippen LogP contribution is 2.25. The van der Waals surface area contributed by atoms with E-state index in [4.69, 9.17) is 4.74 Å². The van der Waals surface area contributed by atoms with Gasteiger partial charge in [0, 0.05) is 6.54 Å². The zero-order chi connectivity index (χ0) is 13.7. The summed E-state index contributed by atoms with van der Waals surface area (Å²) in [6.07, 6.45) is 2.09. The second kappa shape index (κ2) is 6.60. The van der Waals surface area contributed by atoms with Crippen molar-refractivity contribution < 1.29 is 9.13 Å². The minimum absolute atomic E-state index is 0.251. The van der Waals surface area contributed by atoms with Crippen LogP contribution in [0, 0.1) is 5.82 Å². The van der Waals surface area contributed by atoms with Crippen molar-refractivity contribution in [3.8, 4) is 5.75 Å². The van der Waals surface area contributed by atoms with E-state index in [0.717, 1.165) is 19.4 Å². The first-order valence-corrected chi connectivity index (χ1v) is 6.83. The Kier molecular flexibility index (Phi) is 4.84. The SMILES string of the molecule is CCCCn1nnnc1COc1ccc(F)cc1Br. The quantitative estimate of drug-likeness (QED) is 0.818. The number of nitrogens with zero attached hydrogens (tertiary/aromatic N) is 4. The van der Waals surface area contributed by atoms with E-state index >= 15 is 0 Å². The molecular formula is C12H14BrFN4O. The lowest BCUT2D eigenvalue weighted by atomic mass is 10.3. The van der Waals surface area contributed by atoms with Crippen molar-refractivity contribution in [1.82, 2.24) is 20.2 Å². The second-order valence-electron chi connectivity index (χ2n) is 4.04. The van der Waals surface area contributed by atoms with E-state index in [-0.39, 0.29) is 12.4 Å². The van der Waals surface area contributed by atoms with Crippen molar-refractivity contribution in [2.24, 2.45) is 0 Å². The summed E-state index contributed by atoms with van der Waals surface area (Å²) in [5.41, 5.74) is 0. The van der Waals surface area contributed by atoms with Crippen molar-refractivity contribution >= 4 is 15.9 Å². The fourth-order valence-corrected chi connectivity index (χ4v) is 2.01. The van der Waals surface area contributed by atoms with Crippen LogP contribution in [0.25, 0.3) is 0 Å². The Morgan fingerprint density at radius 2 is 2.26 bits per heavy atom. The van der Waals surface area contributed by atoms with Crippen molar-refractivity contribution in [2.75, 3.05) is 0 Å². The van der Waals surface area contributed by atoms with Gasteiger partial charge in [-0.3, -0.25) is 0 Å². The molecule has 19 heavy (non-hydrogen) atoms. The Morgan fingerprint density at radius 1 is 1.42 bits per heavy atom. The Morgan fingerprint density at radius 3 is 3.00 bits per heavy atom. The molecule has 1 heterocycles. The maximum atomic E-state index is 12.9. The molecule has 0 radical (unpaired) electrons. The number of aryl methyl sites for hydroxylation is 1. The highest BCUT2D eigenvalue weighted by Gasteiger charge is 2.08. The lowest BCUT2D eigenvalue weighted by molar-refractivity contribution is 0.283. The van der Waals surface area contributed by atoms with Crippen LogP contribution < -0.4 is 4.74 Å². The summed E-state index contributed by atoms with van der Waals surface area (Å²) in [7, 11) is 0. The van der Waals surface area contributed by atoms with Crippen LogP contribution in [-0.2, 0) is 13.2 Å². The molecule has 0 amide bonds. The van der Waals surface area contributed by atoms with Crippen molar-refractivity contribution in [3.05, 3.63) is 34.3 Å². The predicted molar refractivity (Wildman–Crippen MR) is 71.2 cm³/mol. The van der Waals surface area contributed by atoms with E-state index < -0.39 is 0 Å². The predicted octanol–water partition coefficient (Wildman–Crippen LogP) is 2.95. The van der Waals surface area contributed by atoms with Gasteiger partial charge in [0.15, 0.2) is 5.82 Å². The average molecular weight is 329 g/mol. The highest BCUT2D eigenvalue weighted by atomic mass is 79.9. The number of hydrogen-bond acceptors (Lipinski definition) is 4. The first kappa shape index (κ1) is 13.9. The molecule has 0 saturated heterocycles. The number of unbranched alkanes of at least 4 members (excludes halogenated alkanes) is 1. The lowest BCUT2D eigenvalue weighted by Gasteiger charge is -2.08. The molecule has 2 aromatic rings. The first-order valence-electron chi connectivity index (χ1n) is 6.03. The Hall–Kier alpha value is -1.50. The molecule has 0 saturated carbocycles. The maximum Gasteiger partial charge on any atom is 0.189 e. The molecule has 102 valence electrons. The molecule has 7 heteroatoms. The zero-order valence-electron chi connectivity index (χ0n) is 10.5. The fraction of sp³-hybridized carbons (Fsp3) is 0.417. The standard InChI is InChI=1S/C12H14BrFN4O/c1-2-3-6-18-12(15-16-17-18)8-19-11-5-4-9(14)7-10(11)13/h4-5,7H,2-3,6,8H2,1H3. The summed E-state index contributed by atoms with van der Waals surface area (Å²) in [5, 5.41) is 11.5. The van der Waals surface area contributed by atoms with Crippen molar-refractivity contribution in [3.63, 3.8) is 0 Å². The van der Waals surface area contributed by atoms with Gasteiger partial charge in [-0.25, -0.2) is 9.07 Å². The minimum Gasteiger partial charge on any atom is -0.484 e. The summed E-state index contributed by atoms with van der Waals surface area (Å²) >= 11 is 3.25. The lowest BCUT2D eigenvalue weighted by Crippen LogP contribution is -2.09. The molecule has 1 aromatic carbocycles. The number of rotatable bonds is 6. The topological polar surface area (TPSA) is 52.8 Å². The molecule has 0 aliphatic carbocycles. The van der Waals surface area contributed by atoms with Gasteiger partial charge in [-0.15, -0.1) is 5.10 Å².